The number of nitrogens with zero attached hydrogens (tertiary/aromatic N) is 1. The maximum Gasteiger partial charge on any atom is 0.266 e. The number of carbonyl (C=O) groups is 2. The van der Waals surface area contributed by atoms with Gasteiger partial charge in [0.2, 0.25) is 0 Å². The largest absolute Gasteiger partial charge is 0.508 e. The average molecular weight is 253 g/mol. The Kier molecular flexibility index (Phi) is 2.38. The van der Waals surface area contributed by atoms with Gasteiger partial charge >= 0.3 is 0 Å². The molecule has 1 aliphatic rings. The fraction of sp³-hybridized carbons (Fsp3) is 0.0667. The molecule has 0 fully saturated rings. The van der Waals surface area contributed by atoms with Crippen molar-refractivity contribution in [3.05, 3.63) is 59.2 Å². The van der Waals surface area contributed by atoms with Crippen molar-refractivity contribution in [3.63, 3.8) is 0 Å². The van der Waals surface area contributed by atoms with Gasteiger partial charge in [-0.2, -0.15) is 0 Å². The van der Waals surface area contributed by atoms with Gasteiger partial charge in [-0.05, 0) is 31.2 Å². The smallest absolute Gasteiger partial charge is 0.266 e. The maximum absolute atomic E-state index is 12.3. The molecule has 0 aromatic heterocycles. The second-order valence-corrected chi connectivity index (χ2v) is 4.41. The number of hydrogen-bond acceptors (Lipinski definition) is 3. The zero-order valence-electron chi connectivity index (χ0n) is 10.3. The minimum Gasteiger partial charge on any atom is -0.508 e. The predicted octanol–water partition coefficient (Wildman–Crippen LogP) is 2.50. The van der Waals surface area contributed by atoms with Crippen LogP contribution >= 0.6 is 0 Å². The Labute approximate surface area is 109 Å². The topological polar surface area (TPSA) is 57.6 Å². The Bertz CT molecular complexity index is 671. The average Bonchev–Trinajstić information content (AvgIpc) is 2.67. The van der Waals surface area contributed by atoms with Crippen LogP contribution in [0, 0.1) is 6.92 Å². The van der Waals surface area contributed by atoms with E-state index < -0.39 is 0 Å². The van der Waals surface area contributed by atoms with Crippen molar-refractivity contribution in [2.24, 2.45) is 0 Å². The molecule has 4 nitrogen and oxygen atoms in total. The van der Waals surface area contributed by atoms with Gasteiger partial charge < -0.3 is 5.11 Å². The van der Waals surface area contributed by atoms with Crippen molar-refractivity contribution in [3.8, 4) is 5.75 Å². The number of benzene rings is 2. The molecule has 2 amide bonds. The normalized spacial score (nSPS) is 13.8. The molecule has 0 unspecified atom stereocenters. The monoisotopic (exact) mass is 253 g/mol. The van der Waals surface area contributed by atoms with Gasteiger partial charge in [-0.3, -0.25) is 9.59 Å². The standard InChI is InChI=1S/C15H11NO3/c1-9-12(7-4-8-13(9)17)16-14(18)10-5-2-3-6-11(10)15(16)19/h2-8,17H,1H3. The molecule has 19 heavy (non-hydrogen) atoms. The summed E-state index contributed by atoms with van der Waals surface area (Å²) < 4.78 is 0. The third-order valence-electron chi connectivity index (χ3n) is 3.31. The summed E-state index contributed by atoms with van der Waals surface area (Å²) in [6.45, 7) is 1.67. The van der Waals surface area contributed by atoms with Crippen molar-refractivity contribution in [2.45, 2.75) is 6.92 Å². The number of carbonyl (C=O) groups excluding carboxylic acids is 2. The van der Waals surface area contributed by atoms with Crippen LogP contribution in [0.1, 0.15) is 26.3 Å². The van der Waals surface area contributed by atoms with E-state index in [0.717, 1.165) is 4.90 Å². The first-order chi connectivity index (χ1) is 9.11. The molecule has 1 N–H and O–H groups in total. The van der Waals surface area contributed by atoms with Crippen LogP contribution in [0.5, 0.6) is 5.75 Å². The maximum atomic E-state index is 12.3. The summed E-state index contributed by atoms with van der Waals surface area (Å²) in [5.41, 5.74) is 1.73. The molecule has 3 rings (SSSR count). The molecule has 94 valence electrons. The van der Waals surface area contributed by atoms with Crippen LogP contribution in [0.3, 0.4) is 0 Å². The summed E-state index contributed by atoms with van der Waals surface area (Å²) in [7, 11) is 0. The Morgan fingerprint density at radius 2 is 1.47 bits per heavy atom. The lowest BCUT2D eigenvalue weighted by Gasteiger charge is -2.17. The number of imide groups is 1. The highest BCUT2D eigenvalue weighted by Gasteiger charge is 2.37. The van der Waals surface area contributed by atoms with Crippen LogP contribution in [0.25, 0.3) is 0 Å². The Morgan fingerprint density at radius 1 is 0.895 bits per heavy atom. The number of amides is 2. The summed E-state index contributed by atoms with van der Waals surface area (Å²) in [6.07, 6.45) is 0. The van der Waals surface area contributed by atoms with Crippen LogP contribution in [0.2, 0.25) is 0 Å². The second kappa shape index (κ2) is 3.95. The lowest BCUT2D eigenvalue weighted by Crippen LogP contribution is -2.29. The molecule has 2 aromatic carbocycles. The number of hydrogen-bond donors (Lipinski definition) is 1. The lowest BCUT2D eigenvalue weighted by molar-refractivity contribution is 0.0926. The van der Waals surface area contributed by atoms with E-state index in [4.69, 9.17) is 0 Å². The molecule has 0 atom stereocenters. The number of phenols is 1. The molecule has 1 heterocycles. The van der Waals surface area contributed by atoms with E-state index in [-0.39, 0.29) is 17.6 Å². The van der Waals surface area contributed by atoms with Crippen LogP contribution in [0.4, 0.5) is 5.69 Å². The minimum absolute atomic E-state index is 0.0639. The zero-order chi connectivity index (χ0) is 13.6. The van der Waals surface area contributed by atoms with Crippen molar-refractivity contribution in [1.82, 2.24) is 0 Å². The quantitative estimate of drug-likeness (QED) is 0.794. The molecule has 0 saturated heterocycles. The van der Waals surface area contributed by atoms with E-state index in [9.17, 15) is 14.7 Å². The van der Waals surface area contributed by atoms with Gasteiger partial charge in [-0.1, -0.05) is 18.2 Å². The third-order valence-corrected chi connectivity index (χ3v) is 3.31. The highest BCUT2D eigenvalue weighted by Crippen LogP contribution is 2.33. The molecule has 4 heteroatoms. The van der Waals surface area contributed by atoms with Gasteiger partial charge in [0.15, 0.2) is 0 Å². The Balaban J connectivity index is 2.17. The van der Waals surface area contributed by atoms with E-state index in [1.165, 1.54) is 6.07 Å². The summed E-state index contributed by atoms with van der Waals surface area (Å²) in [5.74, 6) is -0.641. The number of phenolic OH excluding ortho intramolecular Hbond substituents is 1. The molecule has 0 radical (unpaired) electrons. The summed E-state index contributed by atoms with van der Waals surface area (Å²) in [5, 5.41) is 9.70. The second-order valence-electron chi connectivity index (χ2n) is 4.41. The Morgan fingerprint density at radius 3 is 2.05 bits per heavy atom. The SMILES string of the molecule is Cc1c(O)cccc1N1C(=O)c2ccccc2C1=O. The molecular weight excluding hydrogens is 242 g/mol. The summed E-state index contributed by atoms with van der Waals surface area (Å²) in [6, 6.07) is 11.5. The van der Waals surface area contributed by atoms with E-state index in [2.05, 4.69) is 0 Å². The first kappa shape index (κ1) is 11.5. The van der Waals surface area contributed by atoms with Crippen molar-refractivity contribution in [1.29, 1.82) is 0 Å². The minimum atomic E-state index is -0.352. The van der Waals surface area contributed by atoms with E-state index in [0.29, 0.717) is 22.4 Å². The van der Waals surface area contributed by atoms with E-state index in [1.54, 1.807) is 43.3 Å². The van der Waals surface area contributed by atoms with E-state index >= 15 is 0 Å². The van der Waals surface area contributed by atoms with E-state index in [1.807, 2.05) is 0 Å². The Hall–Kier alpha value is -2.62. The summed E-state index contributed by atoms with van der Waals surface area (Å²) in [4.78, 5) is 25.7. The fourth-order valence-corrected chi connectivity index (χ4v) is 2.26. The van der Waals surface area contributed by atoms with Gasteiger partial charge in [-0.25, -0.2) is 4.90 Å². The van der Waals surface area contributed by atoms with Gasteiger partial charge in [0.25, 0.3) is 11.8 Å². The highest BCUT2D eigenvalue weighted by molar-refractivity contribution is 6.34. The molecular formula is C15H11NO3. The molecule has 0 aliphatic carbocycles. The summed E-state index contributed by atoms with van der Waals surface area (Å²) >= 11 is 0. The molecule has 0 saturated carbocycles. The zero-order valence-corrected chi connectivity index (χ0v) is 10.3. The highest BCUT2D eigenvalue weighted by atomic mass is 16.3. The molecule has 0 bridgehead atoms. The fourth-order valence-electron chi connectivity index (χ4n) is 2.26. The van der Waals surface area contributed by atoms with Crippen LogP contribution in [-0.2, 0) is 0 Å². The first-order valence-electron chi connectivity index (χ1n) is 5.87. The van der Waals surface area contributed by atoms with Crippen molar-refractivity contribution >= 4 is 17.5 Å². The molecule has 0 spiro atoms. The van der Waals surface area contributed by atoms with Gasteiger partial charge in [0.05, 0.1) is 16.8 Å². The number of fused-ring (bicyclic) bond motifs is 1. The number of anilines is 1. The van der Waals surface area contributed by atoms with Gasteiger partial charge in [0, 0.05) is 5.56 Å². The number of aromatic hydroxyl groups is 1. The lowest BCUT2D eigenvalue weighted by atomic mass is 10.1. The van der Waals surface area contributed by atoms with Crippen molar-refractivity contribution < 1.29 is 14.7 Å². The van der Waals surface area contributed by atoms with Crippen molar-refractivity contribution in [2.75, 3.05) is 4.90 Å². The molecule has 1 aliphatic heterocycles. The first-order valence-corrected chi connectivity index (χ1v) is 5.87. The van der Waals surface area contributed by atoms with Crippen LogP contribution < -0.4 is 4.90 Å². The third kappa shape index (κ3) is 1.53. The van der Waals surface area contributed by atoms with Gasteiger partial charge in [-0.15, -0.1) is 0 Å². The van der Waals surface area contributed by atoms with Gasteiger partial charge in [0.1, 0.15) is 5.75 Å². The van der Waals surface area contributed by atoms with Crippen LogP contribution in [0.15, 0.2) is 42.5 Å². The number of rotatable bonds is 1. The molecule has 2 aromatic rings. The predicted molar refractivity (Wildman–Crippen MR) is 70.4 cm³/mol. The van der Waals surface area contributed by atoms with Crippen LogP contribution in [-0.4, -0.2) is 16.9 Å².